The van der Waals surface area contributed by atoms with Gasteiger partial charge in [-0.15, -0.1) is 0 Å². The number of benzene rings is 1. The number of fused-ring (bicyclic) bond motifs is 1. The number of rotatable bonds is 1. The van der Waals surface area contributed by atoms with Crippen molar-refractivity contribution in [3.8, 4) is 0 Å². The third-order valence-corrected chi connectivity index (χ3v) is 2.91. The molecule has 0 aliphatic heterocycles. The maximum Gasteiger partial charge on any atom is 0.337 e. The maximum atomic E-state index is 10.9. The predicted molar refractivity (Wildman–Crippen MR) is 55.7 cm³/mol. The molecule has 4 nitrogen and oxygen atoms in total. The van der Waals surface area contributed by atoms with Crippen LogP contribution in [0.15, 0.2) is 12.1 Å². The molecule has 0 aliphatic rings. The summed E-state index contributed by atoms with van der Waals surface area (Å²) in [5, 5.41) is 9.32. The van der Waals surface area contributed by atoms with Crippen molar-refractivity contribution >= 4 is 32.7 Å². The molecular formula is C9H8N2O2S. The first-order chi connectivity index (χ1) is 6.59. The summed E-state index contributed by atoms with van der Waals surface area (Å²) >= 11 is 1.21. The quantitative estimate of drug-likeness (QED) is 0.750. The number of carboxylic acids is 1. The molecule has 1 aromatic carbocycles. The number of nitrogens with zero attached hydrogens (tertiary/aromatic N) is 1. The van der Waals surface area contributed by atoms with E-state index in [1.807, 2.05) is 6.92 Å². The van der Waals surface area contributed by atoms with Crippen molar-refractivity contribution in [2.45, 2.75) is 6.92 Å². The highest BCUT2D eigenvalue weighted by atomic mass is 32.1. The van der Waals surface area contributed by atoms with Crippen LogP contribution in [0.25, 0.3) is 10.2 Å². The number of anilines is 1. The number of nitrogens with two attached hydrogens (primary N) is 1. The van der Waals surface area contributed by atoms with Crippen LogP contribution in [0.3, 0.4) is 0 Å². The molecule has 2 rings (SSSR count). The Kier molecular flexibility index (Phi) is 1.89. The monoisotopic (exact) mass is 208 g/mol. The summed E-state index contributed by atoms with van der Waals surface area (Å²) in [6, 6.07) is 3.32. The van der Waals surface area contributed by atoms with Crippen LogP contribution in [0.1, 0.15) is 15.9 Å². The lowest BCUT2D eigenvalue weighted by molar-refractivity contribution is 0.0699. The summed E-state index contributed by atoms with van der Waals surface area (Å²) in [4.78, 5) is 15.0. The number of aryl methyl sites for hydroxylation is 1. The minimum absolute atomic E-state index is 0.264. The van der Waals surface area contributed by atoms with Crippen LogP contribution in [0, 0.1) is 6.92 Å². The molecule has 2 aromatic rings. The van der Waals surface area contributed by atoms with Crippen LogP contribution in [-0.4, -0.2) is 16.1 Å². The van der Waals surface area contributed by atoms with Crippen molar-refractivity contribution in [2.75, 3.05) is 5.73 Å². The van der Waals surface area contributed by atoms with Crippen LogP contribution in [0.4, 0.5) is 5.13 Å². The average Bonchev–Trinajstić information content (AvgIpc) is 2.47. The fourth-order valence-corrected chi connectivity index (χ4v) is 2.23. The van der Waals surface area contributed by atoms with Crippen molar-refractivity contribution in [3.05, 3.63) is 23.3 Å². The zero-order chi connectivity index (χ0) is 10.3. The van der Waals surface area contributed by atoms with Crippen LogP contribution < -0.4 is 5.73 Å². The number of aromatic carboxylic acids is 1. The summed E-state index contributed by atoms with van der Waals surface area (Å²) in [7, 11) is 0. The number of thiazole rings is 1. The van der Waals surface area contributed by atoms with Gasteiger partial charge in [0, 0.05) is 0 Å². The van der Waals surface area contributed by atoms with Gasteiger partial charge < -0.3 is 10.8 Å². The van der Waals surface area contributed by atoms with Gasteiger partial charge in [-0.05, 0) is 18.6 Å². The highest BCUT2D eigenvalue weighted by molar-refractivity contribution is 7.22. The fraction of sp³-hybridized carbons (Fsp3) is 0.111. The van der Waals surface area contributed by atoms with Crippen molar-refractivity contribution < 1.29 is 9.90 Å². The van der Waals surface area contributed by atoms with E-state index in [9.17, 15) is 4.79 Å². The van der Waals surface area contributed by atoms with Crippen molar-refractivity contribution in [3.63, 3.8) is 0 Å². The number of nitrogen functional groups attached to an aromatic ring is 1. The second kappa shape index (κ2) is 2.95. The summed E-state index contributed by atoms with van der Waals surface area (Å²) in [5.74, 6) is -0.946. The number of hydrogen-bond acceptors (Lipinski definition) is 4. The van der Waals surface area contributed by atoms with E-state index >= 15 is 0 Å². The Labute approximate surface area is 84.0 Å². The molecule has 5 heteroatoms. The Morgan fingerprint density at radius 2 is 2.29 bits per heavy atom. The number of aromatic nitrogens is 1. The average molecular weight is 208 g/mol. The van der Waals surface area contributed by atoms with Crippen molar-refractivity contribution in [2.24, 2.45) is 0 Å². The molecule has 0 aliphatic carbocycles. The second-order valence-electron chi connectivity index (χ2n) is 2.97. The summed E-state index contributed by atoms with van der Waals surface area (Å²) in [5.41, 5.74) is 7.44. The molecule has 1 heterocycles. The van der Waals surface area contributed by atoms with E-state index in [0.29, 0.717) is 15.3 Å². The molecule has 0 saturated carbocycles. The van der Waals surface area contributed by atoms with E-state index in [-0.39, 0.29) is 5.56 Å². The highest BCUT2D eigenvalue weighted by Crippen LogP contribution is 2.29. The Morgan fingerprint density at radius 3 is 2.93 bits per heavy atom. The van der Waals surface area contributed by atoms with E-state index in [1.54, 1.807) is 12.1 Å². The zero-order valence-corrected chi connectivity index (χ0v) is 8.26. The van der Waals surface area contributed by atoms with Crippen LogP contribution >= 0.6 is 11.3 Å². The lowest BCUT2D eigenvalue weighted by Crippen LogP contribution is -1.96. The van der Waals surface area contributed by atoms with Gasteiger partial charge >= 0.3 is 5.97 Å². The maximum absolute atomic E-state index is 10.9. The molecule has 0 amide bonds. The summed E-state index contributed by atoms with van der Waals surface area (Å²) in [6.45, 7) is 1.88. The number of hydrogen-bond donors (Lipinski definition) is 2. The smallest absolute Gasteiger partial charge is 0.337 e. The topological polar surface area (TPSA) is 76.2 Å². The van der Waals surface area contributed by atoms with Gasteiger partial charge in [0.25, 0.3) is 0 Å². The molecular weight excluding hydrogens is 200 g/mol. The highest BCUT2D eigenvalue weighted by Gasteiger charge is 2.13. The lowest BCUT2D eigenvalue weighted by Gasteiger charge is -1.97. The van der Waals surface area contributed by atoms with Gasteiger partial charge in [0.1, 0.15) is 0 Å². The Balaban J connectivity index is 2.87. The van der Waals surface area contributed by atoms with E-state index in [2.05, 4.69) is 4.98 Å². The van der Waals surface area contributed by atoms with E-state index in [1.165, 1.54) is 11.3 Å². The Hall–Kier alpha value is -1.62. The van der Waals surface area contributed by atoms with Gasteiger partial charge in [-0.3, -0.25) is 0 Å². The molecule has 72 valence electrons. The Bertz CT molecular complexity index is 519. The standard InChI is InChI=1S/C9H8N2O2S/c1-4-2-3-5(8(12)13)7-6(4)11-9(10)14-7/h2-3H,1H3,(H2,10,11)(H,12,13). The minimum atomic E-state index is -0.946. The second-order valence-corrected chi connectivity index (χ2v) is 4.00. The van der Waals surface area contributed by atoms with E-state index in [4.69, 9.17) is 10.8 Å². The third kappa shape index (κ3) is 1.22. The van der Waals surface area contributed by atoms with Gasteiger partial charge in [0.15, 0.2) is 5.13 Å². The van der Waals surface area contributed by atoms with Gasteiger partial charge in [0.2, 0.25) is 0 Å². The normalized spacial score (nSPS) is 10.6. The SMILES string of the molecule is Cc1ccc(C(=O)O)c2sc(N)nc12. The van der Waals surface area contributed by atoms with Gasteiger partial charge in [-0.2, -0.15) is 0 Å². The zero-order valence-electron chi connectivity index (χ0n) is 7.44. The summed E-state index contributed by atoms with van der Waals surface area (Å²) in [6.07, 6.45) is 0. The van der Waals surface area contributed by atoms with Crippen molar-refractivity contribution in [1.29, 1.82) is 0 Å². The molecule has 0 saturated heterocycles. The first kappa shape index (κ1) is 8.96. The Morgan fingerprint density at radius 1 is 1.57 bits per heavy atom. The van der Waals surface area contributed by atoms with Crippen molar-refractivity contribution in [1.82, 2.24) is 4.98 Å². The molecule has 3 N–H and O–H groups in total. The van der Waals surface area contributed by atoms with E-state index < -0.39 is 5.97 Å². The molecule has 14 heavy (non-hydrogen) atoms. The summed E-state index contributed by atoms with van der Waals surface area (Å²) < 4.78 is 0.648. The molecule has 0 spiro atoms. The van der Waals surface area contributed by atoms with Crippen LogP contribution in [0.5, 0.6) is 0 Å². The van der Waals surface area contributed by atoms with Crippen LogP contribution in [0.2, 0.25) is 0 Å². The predicted octanol–water partition coefficient (Wildman–Crippen LogP) is 1.89. The lowest BCUT2D eigenvalue weighted by atomic mass is 10.1. The molecule has 0 radical (unpaired) electrons. The molecule has 0 fully saturated rings. The minimum Gasteiger partial charge on any atom is -0.478 e. The van der Waals surface area contributed by atoms with Crippen LogP contribution in [-0.2, 0) is 0 Å². The largest absolute Gasteiger partial charge is 0.478 e. The van der Waals surface area contributed by atoms with E-state index in [0.717, 1.165) is 5.56 Å². The molecule has 1 aromatic heterocycles. The third-order valence-electron chi connectivity index (χ3n) is 1.99. The molecule has 0 unspecified atom stereocenters. The molecule has 0 atom stereocenters. The number of carbonyl (C=O) groups is 1. The van der Waals surface area contributed by atoms with Gasteiger partial charge in [-0.25, -0.2) is 9.78 Å². The number of carboxylic acid groups (broad SMARTS) is 1. The molecule has 0 bridgehead atoms. The van der Waals surface area contributed by atoms with Gasteiger partial charge in [0.05, 0.1) is 15.8 Å². The van der Waals surface area contributed by atoms with Gasteiger partial charge in [-0.1, -0.05) is 17.4 Å². The first-order valence-electron chi connectivity index (χ1n) is 3.98. The first-order valence-corrected chi connectivity index (χ1v) is 4.80. The fourth-order valence-electron chi connectivity index (χ4n) is 1.32.